The van der Waals surface area contributed by atoms with Gasteiger partial charge in [0.15, 0.2) is 5.82 Å². The zero-order valence-electron chi connectivity index (χ0n) is 16.4. The van der Waals surface area contributed by atoms with Crippen LogP contribution in [-0.4, -0.2) is 30.9 Å². The van der Waals surface area contributed by atoms with Crippen molar-refractivity contribution in [3.63, 3.8) is 0 Å². The van der Waals surface area contributed by atoms with Gasteiger partial charge in [0.2, 0.25) is 0 Å². The first-order chi connectivity index (χ1) is 14.4. The van der Waals surface area contributed by atoms with Crippen LogP contribution in [0.5, 0.6) is 0 Å². The van der Waals surface area contributed by atoms with Crippen LogP contribution in [-0.2, 0) is 0 Å². The number of benzene rings is 1. The molecule has 4 rings (SSSR count). The van der Waals surface area contributed by atoms with Crippen LogP contribution in [0, 0.1) is 18.3 Å². The van der Waals surface area contributed by atoms with Gasteiger partial charge < -0.3 is 10.4 Å². The zero-order valence-corrected chi connectivity index (χ0v) is 16.4. The van der Waals surface area contributed by atoms with E-state index in [1.54, 1.807) is 29.9 Å². The van der Waals surface area contributed by atoms with Crippen molar-refractivity contribution in [3.8, 4) is 23.1 Å². The Balaban J connectivity index is 1.79. The summed E-state index contributed by atoms with van der Waals surface area (Å²) in [5.74, 6) is 0.672. The van der Waals surface area contributed by atoms with E-state index in [2.05, 4.69) is 26.5 Å². The summed E-state index contributed by atoms with van der Waals surface area (Å²) in [6.45, 7) is 3.63. The number of fused-ring (bicyclic) bond motifs is 1. The van der Waals surface area contributed by atoms with Crippen molar-refractivity contribution in [3.05, 3.63) is 71.7 Å². The van der Waals surface area contributed by atoms with Gasteiger partial charge in [0.05, 0.1) is 34.6 Å². The summed E-state index contributed by atoms with van der Waals surface area (Å²) in [4.78, 5) is 20.0. The molecule has 0 bridgehead atoms. The van der Waals surface area contributed by atoms with Crippen molar-refractivity contribution in [1.29, 1.82) is 5.26 Å². The molecule has 0 saturated carbocycles. The Kier molecular flexibility index (Phi) is 4.86. The summed E-state index contributed by atoms with van der Waals surface area (Å²) < 4.78 is 1.66. The topological polar surface area (TPSA) is 117 Å². The average molecular weight is 398 g/mol. The van der Waals surface area contributed by atoms with Crippen LogP contribution in [0.2, 0.25) is 0 Å². The number of amides is 1. The molecule has 0 aliphatic carbocycles. The van der Waals surface area contributed by atoms with Gasteiger partial charge in [0.25, 0.3) is 0 Å². The monoisotopic (exact) mass is 398 g/mol. The SMILES string of the molecule is Cc1cccc(-n2cc3c(C#N)cc(-c4cccc(C(C)NC(=O)O)n4)cc3n2)n1. The lowest BCUT2D eigenvalue weighted by Crippen LogP contribution is -2.25. The first kappa shape index (κ1) is 19.1. The fourth-order valence-corrected chi connectivity index (χ4v) is 3.25. The molecule has 0 aliphatic heterocycles. The van der Waals surface area contributed by atoms with Crippen molar-refractivity contribution in [2.24, 2.45) is 0 Å². The molecule has 1 aromatic carbocycles. The van der Waals surface area contributed by atoms with Crippen LogP contribution >= 0.6 is 0 Å². The molecule has 1 atom stereocenters. The lowest BCUT2D eigenvalue weighted by atomic mass is 10.0. The first-order valence-corrected chi connectivity index (χ1v) is 9.29. The van der Waals surface area contributed by atoms with Gasteiger partial charge in [0.1, 0.15) is 0 Å². The summed E-state index contributed by atoms with van der Waals surface area (Å²) in [5.41, 5.74) is 3.95. The fourth-order valence-electron chi connectivity index (χ4n) is 3.25. The number of hydrogen-bond acceptors (Lipinski definition) is 5. The average Bonchev–Trinajstić information content (AvgIpc) is 3.17. The smallest absolute Gasteiger partial charge is 0.405 e. The van der Waals surface area contributed by atoms with Crippen LogP contribution in [0.25, 0.3) is 28.0 Å². The van der Waals surface area contributed by atoms with Gasteiger partial charge >= 0.3 is 6.09 Å². The number of aromatic nitrogens is 4. The molecular weight excluding hydrogens is 380 g/mol. The van der Waals surface area contributed by atoms with Gasteiger partial charge in [-0.05, 0) is 50.2 Å². The molecule has 148 valence electrons. The Morgan fingerprint density at radius 2 is 2.00 bits per heavy atom. The maximum atomic E-state index is 10.9. The molecule has 3 heterocycles. The van der Waals surface area contributed by atoms with Crippen LogP contribution in [0.3, 0.4) is 0 Å². The van der Waals surface area contributed by atoms with E-state index in [0.29, 0.717) is 28.3 Å². The van der Waals surface area contributed by atoms with Crippen molar-refractivity contribution in [1.82, 2.24) is 25.1 Å². The molecule has 0 fully saturated rings. The minimum absolute atomic E-state index is 0.465. The number of nitriles is 1. The van der Waals surface area contributed by atoms with Crippen LogP contribution in [0.4, 0.5) is 4.79 Å². The number of carboxylic acid groups (broad SMARTS) is 1. The van der Waals surface area contributed by atoms with Crippen LogP contribution in [0.15, 0.2) is 54.7 Å². The molecule has 3 aromatic heterocycles. The number of rotatable bonds is 4. The zero-order chi connectivity index (χ0) is 21.3. The highest BCUT2D eigenvalue weighted by Crippen LogP contribution is 2.27. The Morgan fingerprint density at radius 3 is 2.73 bits per heavy atom. The molecule has 1 amide bonds. The predicted octanol–water partition coefficient (Wildman–Crippen LogP) is 3.99. The van der Waals surface area contributed by atoms with Crippen molar-refractivity contribution in [2.75, 3.05) is 0 Å². The summed E-state index contributed by atoms with van der Waals surface area (Å²) in [5, 5.41) is 26.3. The van der Waals surface area contributed by atoms with E-state index < -0.39 is 12.1 Å². The van der Waals surface area contributed by atoms with Gasteiger partial charge in [-0.3, -0.25) is 4.98 Å². The highest BCUT2D eigenvalue weighted by molar-refractivity contribution is 5.89. The molecule has 1 unspecified atom stereocenters. The fraction of sp³-hybridized carbons (Fsp3) is 0.136. The van der Waals surface area contributed by atoms with E-state index in [-0.39, 0.29) is 0 Å². The lowest BCUT2D eigenvalue weighted by Gasteiger charge is -2.12. The minimum Gasteiger partial charge on any atom is -0.465 e. The Bertz CT molecular complexity index is 1300. The third kappa shape index (κ3) is 3.69. The summed E-state index contributed by atoms with van der Waals surface area (Å²) in [6.07, 6.45) is 0.681. The standard InChI is InChI=1S/C22H18N6O2/c1-13-5-3-8-21(24-13)28-12-17-16(11-23)9-15(10-20(17)27-28)19-7-4-6-18(26-19)14(2)25-22(29)30/h3-10,12,14,25H,1-2H3,(H,29,30). The molecule has 8 heteroatoms. The van der Waals surface area contributed by atoms with Gasteiger partial charge in [-0.15, -0.1) is 0 Å². The van der Waals surface area contributed by atoms with Crippen molar-refractivity contribution < 1.29 is 9.90 Å². The molecule has 8 nitrogen and oxygen atoms in total. The number of hydrogen-bond donors (Lipinski definition) is 2. The highest BCUT2D eigenvalue weighted by Gasteiger charge is 2.14. The second-order valence-corrected chi connectivity index (χ2v) is 6.90. The van der Waals surface area contributed by atoms with Gasteiger partial charge in [-0.25, -0.2) is 14.5 Å². The third-order valence-corrected chi connectivity index (χ3v) is 4.70. The van der Waals surface area contributed by atoms with Gasteiger partial charge in [-0.1, -0.05) is 12.1 Å². The lowest BCUT2D eigenvalue weighted by molar-refractivity contribution is 0.190. The number of pyridine rings is 2. The predicted molar refractivity (Wildman–Crippen MR) is 111 cm³/mol. The molecular formula is C22H18N6O2. The summed E-state index contributed by atoms with van der Waals surface area (Å²) >= 11 is 0. The molecule has 0 radical (unpaired) electrons. The Labute approximate surface area is 172 Å². The minimum atomic E-state index is -1.11. The van der Waals surface area contributed by atoms with E-state index in [9.17, 15) is 10.1 Å². The Hall–Kier alpha value is -4.25. The second-order valence-electron chi connectivity index (χ2n) is 6.90. The maximum Gasteiger partial charge on any atom is 0.405 e. The molecule has 0 spiro atoms. The Morgan fingerprint density at radius 1 is 1.20 bits per heavy atom. The highest BCUT2D eigenvalue weighted by atomic mass is 16.4. The van der Waals surface area contributed by atoms with Gasteiger partial charge in [0, 0.05) is 22.8 Å². The summed E-state index contributed by atoms with van der Waals surface area (Å²) in [6, 6.07) is 16.4. The van der Waals surface area contributed by atoms with E-state index in [1.807, 2.05) is 43.3 Å². The van der Waals surface area contributed by atoms with Crippen LogP contribution in [0.1, 0.15) is 29.9 Å². The molecule has 0 saturated heterocycles. The molecule has 2 N–H and O–H groups in total. The maximum absolute atomic E-state index is 10.9. The molecule has 4 aromatic rings. The largest absolute Gasteiger partial charge is 0.465 e. The quantitative estimate of drug-likeness (QED) is 0.537. The third-order valence-electron chi connectivity index (χ3n) is 4.70. The van der Waals surface area contributed by atoms with Gasteiger partial charge in [-0.2, -0.15) is 10.4 Å². The van der Waals surface area contributed by atoms with Crippen LogP contribution < -0.4 is 5.32 Å². The van der Waals surface area contributed by atoms with E-state index in [0.717, 1.165) is 16.6 Å². The molecule has 0 aliphatic rings. The first-order valence-electron chi connectivity index (χ1n) is 9.29. The second kappa shape index (κ2) is 7.64. The summed E-state index contributed by atoms with van der Waals surface area (Å²) in [7, 11) is 0. The van der Waals surface area contributed by atoms with E-state index in [1.165, 1.54) is 0 Å². The number of aryl methyl sites for hydroxylation is 1. The number of carbonyl (C=O) groups is 1. The van der Waals surface area contributed by atoms with E-state index >= 15 is 0 Å². The number of nitrogens with zero attached hydrogens (tertiary/aromatic N) is 5. The normalized spacial score (nSPS) is 11.8. The van der Waals surface area contributed by atoms with Crippen molar-refractivity contribution >= 4 is 17.0 Å². The number of nitrogens with one attached hydrogen (secondary N) is 1. The molecule has 30 heavy (non-hydrogen) atoms. The van der Waals surface area contributed by atoms with Crippen molar-refractivity contribution in [2.45, 2.75) is 19.9 Å². The van der Waals surface area contributed by atoms with E-state index in [4.69, 9.17) is 5.11 Å².